The van der Waals surface area contributed by atoms with Crippen molar-refractivity contribution in [1.82, 2.24) is 9.97 Å². The Morgan fingerprint density at radius 3 is 2.67 bits per heavy atom. The maximum absolute atomic E-state index is 12.6. The lowest BCUT2D eigenvalue weighted by Gasteiger charge is -2.23. The number of nitrogens with one attached hydrogen (secondary N) is 2. The first-order valence-corrected chi connectivity index (χ1v) is 8.43. The van der Waals surface area contributed by atoms with Gasteiger partial charge < -0.3 is 26.0 Å². The fourth-order valence-electron chi connectivity index (χ4n) is 2.95. The molecule has 0 bridgehead atoms. The molecule has 0 saturated heterocycles. The van der Waals surface area contributed by atoms with Gasteiger partial charge in [-0.2, -0.15) is 4.98 Å². The van der Waals surface area contributed by atoms with Gasteiger partial charge in [-0.15, -0.1) is 0 Å². The van der Waals surface area contributed by atoms with E-state index in [0.29, 0.717) is 37.0 Å². The molecule has 1 aliphatic rings. The highest BCUT2D eigenvalue weighted by Gasteiger charge is 2.25. The van der Waals surface area contributed by atoms with E-state index in [1.807, 2.05) is 6.92 Å². The zero-order valence-corrected chi connectivity index (χ0v) is 14.7. The van der Waals surface area contributed by atoms with Gasteiger partial charge in [0.2, 0.25) is 11.9 Å². The average molecular weight is 372 g/mol. The van der Waals surface area contributed by atoms with Crippen LogP contribution in [0.1, 0.15) is 23.7 Å². The van der Waals surface area contributed by atoms with E-state index in [2.05, 4.69) is 15.3 Å². The summed E-state index contributed by atoms with van der Waals surface area (Å²) in [5.74, 6) is -0.685. The zero-order chi connectivity index (χ0) is 19.6. The van der Waals surface area contributed by atoms with Gasteiger partial charge in [0.25, 0.3) is 5.56 Å². The SMILES string of the molecule is CCN(C(=O)CCN1CNc2c1nc(N)[nH]c2=O)c1ccc(C(=O)O)cc1. The minimum Gasteiger partial charge on any atom is -0.478 e. The second kappa shape index (κ2) is 7.36. The van der Waals surface area contributed by atoms with Gasteiger partial charge in [0.05, 0.1) is 12.2 Å². The Morgan fingerprint density at radius 2 is 2.04 bits per heavy atom. The molecule has 0 aliphatic carbocycles. The Kier molecular flexibility index (Phi) is 4.97. The number of carboxylic acids is 1. The molecule has 2 aromatic rings. The Labute approximate surface area is 154 Å². The molecule has 3 rings (SSSR count). The van der Waals surface area contributed by atoms with Crippen molar-refractivity contribution in [3.8, 4) is 0 Å². The van der Waals surface area contributed by atoms with Gasteiger partial charge in [-0.3, -0.25) is 14.6 Å². The molecular formula is C17H20N6O4. The number of aromatic carboxylic acids is 1. The molecule has 0 radical (unpaired) electrons. The van der Waals surface area contributed by atoms with Gasteiger partial charge >= 0.3 is 5.97 Å². The number of hydrogen-bond donors (Lipinski definition) is 4. The number of hydrogen-bond acceptors (Lipinski definition) is 7. The molecule has 0 atom stereocenters. The molecule has 10 heteroatoms. The Bertz CT molecular complexity index is 924. The first kappa shape index (κ1) is 18.2. The molecule has 1 amide bonds. The number of carboxylic acid groups (broad SMARTS) is 1. The monoisotopic (exact) mass is 372 g/mol. The third kappa shape index (κ3) is 3.68. The van der Waals surface area contributed by atoms with Gasteiger partial charge in [0.15, 0.2) is 5.82 Å². The smallest absolute Gasteiger partial charge is 0.335 e. The molecule has 1 aliphatic heterocycles. The molecule has 0 spiro atoms. The number of carbonyl (C=O) groups is 2. The molecule has 142 valence electrons. The van der Waals surface area contributed by atoms with Gasteiger partial charge in [-0.25, -0.2) is 4.79 Å². The van der Waals surface area contributed by atoms with Crippen LogP contribution in [0, 0.1) is 0 Å². The van der Waals surface area contributed by atoms with Crippen molar-refractivity contribution >= 4 is 35.0 Å². The van der Waals surface area contributed by atoms with Crippen molar-refractivity contribution < 1.29 is 14.7 Å². The van der Waals surface area contributed by atoms with Crippen LogP contribution in [0.4, 0.5) is 23.1 Å². The van der Waals surface area contributed by atoms with Gasteiger partial charge in [-0.05, 0) is 31.2 Å². The maximum Gasteiger partial charge on any atom is 0.335 e. The number of nitrogens with zero attached hydrogens (tertiary/aromatic N) is 3. The predicted octanol–water partition coefficient (Wildman–Crippen LogP) is 0.683. The van der Waals surface area contributed by atoms with E-state index in [1.165, 1.54) is 12.1 Å². The number of fused-ring (bicyclic) bond motifs is 1. The second-order valence-electron chi connectivity index (χ2n) is 5.99. The standard InChI is InChI=1S/C17H20N6O4/c1-2-23(11-5-3-10(4-6-11)16(26)27)12(24)7-8-22-9-19-13-14(22)20-17(18)21-15(13)25/h3-6,19H,2,7-9H2,1H3,(H,26,27)(H3,18,20,21,25). The normalized spacial score (nSPS) is 12.4. The first-order valence-electron chi connectivity index (χ1n) is 8.43. The summed E-state index contributed by atoms with van der Waals surface area (Å²) < 4.78 is 0. The number of aromatic nitrogens is 2. The van der Waals surface area contributed by atoms with Crippen LogP contribution in [0.5, 0.6) is 0 Å². The molecule has 5 N–H and O–H groups in total. The van der Waals surface area contributed by atoms with Crippen molar-refractivity contribution in [2.24, 2.45) is 0 Å². The Morgan fingerprint density at radius 1 is 1.33 bits per heavy atom. The number of H-pyrrole nitrogens is 1. The number of benzene rings is 1. The Hall–Kier alpha value is -3.56. The van der Waals surface area contributed by atoms with Crippen molar-refractivity contribution in [3.05, 3.63) is 40.2 Å². The molecule has 1 aromatic heterocycles. The van der Waals surface area contributed by atoms with E-state index < -0.39 is 5.97 Å². The number of carbonyl (C=O) groups excluding carboxylic acids is 1. The number of anilines is 4. The van der Waals surface area contributed by atoms with Gasteiger partial charge in [0.1, 0.15) is 5.69 Å². The third-order valence-electron chi connectivity index (χ3n) is 4.30. The van der Waals surface area contributed by atoms with Crippen LogP contribution < -0.4 is 26.4 Å². The van der Waals surface area contributed by atoms with Crippen LogP contribution in [-0.4, -0.2) is 46.7 Å². The van der Waals surface area contributed by atoms with E-state index in [-0.39, 0.29) is 29.4 Å². The lowest BCUT2D eigenvalue weighted by Crippen LogP contribution is -2.34. The summed E-state index contributed by atoms with van der Waals surface area (Å²) in [7, 11) is 0. The van der Waals surface area contributed by atoms with E-state index >= 15 is 0 Å². The molecule has 0 saturated carbocycles. The largest absolute Gasteiger partial charge is 0.478 e. The summed E-state index contributed by atoms with van der Waals surface area (Å²) in [6.45, 7) is 3.02. The fourth-order valence-corrected chi connectivity index (χ4v) is 2.95. The van der Waals surface area contributed by atoms with Gasteiger partial charge in [0, 0.05) is 25.2 Å². The van der Waals surface area contributed by atoms with Crippen LogP contribution in [-0.2, 0) is 4.79 Å². The highest BCUT2D eigenvalue weighted by molar-refractivity contribution is 5.94. The van der Waals surface area contributed by atoms with Crippen molar-refractivity contribution in [3.63, 3.8) is 0 Å². The van der Waals surface area contributed by atoms with Crippen LogP contribution in [0.15, 0.2) is 29.1 Å². The minimum atomic E-state index is -1.02. The molecule has 0 unspecified atom stereocenters. The number of rotatable bonds is 6. The Balaban J connectivity index is 1.69. The fraction of sp³-hybridized carbons (Fsp3) is 0.294. The van der Waals surface area contributed by atoms with E-state index in [4.69, 9.17) is 10.8 Å². The molecule has 10 nitrogen and oxygen atoms in total. The average Bonchev–Trinajstić information content (AvgIpc) is 3.04. The predicted molar refractivity (Wildman–Crippen MR) is 101 cm³/mol. The summed E-state index contributed by atoms with van der Waals surface area (Å²) in [4.78, 5) is 45.4. The van der Waals surface area contributed by atoms with E-state index in [1.54, 1.807) is 21.9 Å². The number of nitrogens with two attached hydrogens (primary N) is 1. The van der Waals surface area contributed by atoms with Crippen LogP contribution >= 0.6 is 0 Å². The topological polar surface area (TPSA) is 145 Å². The van der Waals surface area contributed by atoms with Gasteiger partial charge in [-0.1, -0.05) is 0 Å². The van der Waals surface area contributed by atoms with E-state index in [9.17, 15) is 14.4 Å². The van der Waals surface area contributed by atoms with Crippen molar-refractivity contribution in [2.45, 2.75) is 13.3 Å². The van der Waals surface area contributed by atoms with Crippen LogP contribution in [0.2, 0.25) is 0 Å². The molecule has 0 fully saturated rings. The molecule has 27 heavy (non-hydrogen) atoms. The summed E-state index contributed by atoms with van der Waals surface area (Å²) in [6, 6.07) is 6.15. The first-order chi connectivity index (χ1) is 12.9. The van der Waals surface area contributed by atoms with Crippen LogP contribution in [0.25, 0.3) is 0 Å². The maximum atomic E-state index is 12.6. The zero-order valence-electron chi connectivity index (χ0n) is 14.7. The third-order valence-corrected chi connectivity index (χ3v) is 4.30. The number of amides is 1. The number of aromatic amines is 1. The quantitative estimate of drug-likeness (QED) is 0.579. The summed E-state index contributed by atoms with van der Waals surface area (Å²) in [5, 5.41) is 11.9. The molecule has 2 heterocycles. The summed E-state index contributed by atoms with van der Waals surface area (Å²) >= 11 is 0. The second-order valence-corrected chi connectivity index (χ2v) is 5.99. The summed E-state index contributed by atoms with van der Waals surface area (Å²) in [5.41, 5.74) is 6.38. The number of nitrogen functional groups attached to an aromatic ring is 1. The molecular weight excluding hydrogens is 352 g/mol. The van der Waals surface area contributed by atoms with Crippen LogP contribution in [0.3, 0.4) is 0 Å². The molecule has 1 aromatic carbocycles. The lowest BCUT2D eigenvalue weighted by molar-refractivity contribution is -0.118. The highest BCUT2D eigenvalue weighted by atomic mass is 16.4. The van der Waals surface area contributed by atoms with E-state index in [0.717, 1.165) is 0 Å². The minimum absolute atomic E-state index is 0.0208. The van der Waals surface area contributed by atoms with Crippen molar-refractivity contribution in [1.29, 1.82) is 0 Å². The van der Waals surface area contributed by atoms with Crippen molar-refractivity contribution in [2.75, 3.05) is 40.6 Å². The highest BCUT2D eigenvalue weighted by Crippen LogP contribution is 2.25. The summed E-state index contributed by atoms with van der Waals surface area (Å²) in [6.07, 6.45) is 0.198. The lowest BCUT2D eigenvalue weighted by atomic mass is 10.2.